The maximum absolute atomic E-state index is 5.33. The quantitative estimate of drug-likeness (QED) is 0.796. The second-order valence-corrected chi connectivity index (χ2v) is 5.60. The summed E-state index contributed by atoms with van der Waals surface area (Å²) < 4.78 is 0. The molecular formula is C18H23N3S. The Morgan fingerprint density at radius 1 is 1.05 bits per heavy atom. The monoisotopic (exact) mass is 313 g/mol. The zero-order valence-corrected chi connectivity index (χ0v) is 14.0. The van der Waals surface area contributed by atoms with Crippen LogP contribution in [0.1, 0.15) is 12.5 Å². The van der Waals surface area contributed by atoms with Crippen molar-refractivity contribution in [1.29, 1.82) is 0 Å². The highest BCUT2D eigenvalue weighted by molar-refractivity contribution is 7.80. The highest BCUT2D eigenvalue weighted by Gasteiger charge is 2.01. The smallest absolute Gasteiger partial charge is 0.170 e. The summed E-state index contributed by atoms with van der Waals surface area (Å²) in [5.41, 5.74) is 3.55. The molecule has 0 bridgehead atoms. The fourth-order valence-corrected chi connectivity index (χ4v) is 2.37. The minimum Gasteiger partial charge on any atom is -0.373 e. The minimum absolute atomic E-state index is 0.658. The standard InChI is InChI=1S/C18H23N3S/c1-3-15-9-11-16(12-10-15)20-18(22)19-13-14-21(2)17-7-5-4-6-8-17/h4-12H,3,13-14H2,1-2H3,(H2,19,20,22). The number of hydrogen-bond acceptors (Lipinski definition) is 2. The van der Waals surface area contributed by atoms with E-state index in [-0.39, 0.29) is 0 Å². The van der Waals surface area contributed by atoms with Gasteiger partial charge >= 0.3 is 0 Å². The number of hydrogen-bond donors (Lipinski definition) is 2. The fourth-order valence-electron chi connectivity index (χ4n) is 2.15. The molecule has 0 amide bonds. The molecule has 4 heteroatoms. The Kier molecular flexibility index (Phi) is 6.22. The number of benzene rings is 2. The van der Waals surface area contributed by atoms with Gasteiger partial charge in [0.25, 0.3) is 0 Å². The number of thiocarbonyl (C=S) groups is 1. The number of anilines is 2. The first-order chi connectivity index (χ1) is 10.7. The van der Waals surface area contributed by atoms with E-state index in [0.717, 1.165) is 25.2 Å². The number of likely N-dealkylation sites (N-methyl/N-ethyl adjacent to an activating group) is 1. The molecular weight excluding hydrogens is 290 g/mol. The molecule has 0 atom stereocenters. The number of para-hydroxylation sites is 1. The Balaban J connectivity index is 1.73. The molecule has 2 aromatic rings. The first-order valence-electron chi connectivity index (χ1n) is 7.59. The van der Waals surface area contributed by atoms with Crippen molar-refractivity contribution in [3.63, 3.8) is 0 Å². The lowest BCUT2D eigenvalue weighted by Gasteiger charge is -2.20. The average molecular weight is 313 g/mol. The maximum Gasteiger partial charge on any atom is 0.170 e. The van der Waals surface area contributed by atoms with Crippen LogP contribution in [0.15, 0.2) is 54.6 Å². The van der Waals surface area contributed by atoms with Crippen molar-refractivity contribution in [2.24, 2.45) is 0 Å². The predicted octanol–water partition coefficient (Wildman–Crippen LogP) is 3.67. The SMILES string of the molecule is CCc1ccc(NC(=S)NCCN(C)c2ccccc2)cc1. The van der Waals surface area contributed by atoms with E-state index in [0.29, 0.717) is 5.11 Å². The van der Waals surface area contributed by atoms with Gasteiger partial charge in [-0.15, -0.1) is 0 Å². The zero-order chi connectivity index (χ0) is 15.8. The lowest BCUT2D eigenvalue weighted by atomic mass is 10.1. The predicted molar refractivity (Wildman–Crippen MR) is 99.8 cm³/mol. The number of nitrogens with one attached hydrogen (secondary N) is 2. The van der Waals surface area contributed by atoms with E-state index in [1.165, 1.54) is 11.3 Å². The molecule has 2 aromatic carbocycles. The van der Waals surface area contributed by atoms with Gasteiger partial charge in [-0.05, 0) is 48.5 Å². The van der Waals surface area contributed by atoms with Gasteiger partial charge in [-0.3, -0.25) is 0 Å². The fraction of sp³-hybridized carbons (Fsp3) is 0.278. The molecule has 0 aliphatic carbocycles. The van der Waals surface area contributed by atoms with Crippen LogP contribution < -0.4 is 15.5 Å². The first kappa shape index (κ1) is 16.3. The van der Waals surface area contributed by atoms with Gasteiger partial charge in [-0.25, -0.2) is 0 Å². The van der Waals surface area contributed by atoms with Crippen LogP contribution in [0.2, 0.25) is 0 Å². The van der Waals surface area contributed by atoms with Gasteiger partial charge in [0.2, 0.25) is 0 Å². The Morgan fingerprint density at radius 3 is 2.36 bits per heavy atom. The van der Waals surface area contributed by atoms with Crippen LogP contribution in [0, 0.1) is 0 Å². The van der Waals surface area contributed by atoms with Crippen molar-refractivity contribution in [2.45, 2.75) is 13.3 Å². The highest BCUT2D eigenvalue weighted by atomic mass is 32.1. The van der Waals surface area contributed by atoms with Gasteiger partial charge < -0.3 is 15.5 Å². The summed E-state index contributed by atoms with van der Waals surface area (Å²) in [6.45, 7) is 3.84. The molecule has 0 aromatic heterocycles. The third kappa shape index (κ3) is 5.04. The van der Waals surface area contributed by atoms with Gasteiger partial charge in [0.05, 0.1) is 0 Å². The molecule has 2 N–H and O–H groups in total. The van der Waals surface area contributed by atoms with E-state index in [1.54, 1.807) is 0 Å². The van der Waals surface area contributed by atoms with Crippen LogP contribution in [0.5, 0.6) is 0 Å². The summed E-state index contributed by atoms with van der Waals surface area (Å²) in [5.74, 6) is 0. The van der Waals surface area contributed by atoms with Crippen molar-refractivity contribution in [2.75, 3.05) is 30.4 Å². The molecule has 0 aliphatic rings. The summed E-state index contributed by atoms with van der Waals surface area (Å²) in [6, 6.07) is 18.7. The Hall–Kier alpha value is -2.07. The molecule has 0 radical (unpaired) electrons. The molecule has 22 heavy (non-hydrogen) atoms. The third-order valence-electron chi connectivity index (χ3n) is 3.55. The molecule has 0 spiro atoms. The maximum atomic E-state index is 5.33. The van der Waals surface area contributed by atoms with Crippen LogP contribution >= 0.6 is 12.2 Å². The number of nitrogens with zero attached hydrogens (tertiary/aromatic N) is 1. The highest BCUT2D eigenvalue weighted by Crippen LogP contribution is 2.11. The summed E-state index contributed by atoms with van der Waals surface area (Å²) in [7, 11) is 2.08. The van der Waals surface area contributed by atoms with Crippen molar-refractivity contribution < 1.29 is 0 Å². The summed E-state index contributed by atoms with van der Waals surface area (Å²) >= 11 is 5.33. The lowest BCUT2D eigenvalue weighted by molar-refractivity contribution is 0.827. The topological polar surface area (TPSA) is 27.3 Å². The molecule has 0 saturated heterocycles. The van der Waals surface area contributed by atoms with Gasteiger partial charge in [-0.2, -0.15) is 0 Å². The minimum atomic E-state index is 0.658. The van der Waals surface area contributed by atoms with Crippen LogP contribution in [-0.2, 0) is 6.42 Å². The number of rotatable bonds is 6. The largest absolute Gasteiger partial charge is 0.373 e. The van der Waals surface area contributed by atoms with E-state index in [4.69, 9.17) is 12.2 Å². The molecule has 0 heterocycles. The van der Waals surface area contributed by atoms with Crippen molar-refractivity contribution >= 4 is 28.7 Å². The molecule has 3 nitrogen and oxygen atoms in total. The molecule has 0 unspecified atom stereocenters. The number of aryl methyl sites for hydroxylation is 1. The van der Waals surface area contributed by atoms with Crippen LogP contribution in [0.25, 0.3) is 0 Å². The summed E-state index contributed by atoms with van der Waals surface area (Å²) in [5, 5.41) is 7.11. The molecule has 2 rings (SSSR count). The Bertz CT molecular complexity index is 581. The normalized spacial score (nSPS) is 10.1. The van der Waals surface area contributed by atoms with Crippen molar-refractivity contribution in [3.8, 4) is 0 Å². The van der Waals surface area contributed by atoms with E-state index in [2.05, 4.69) is 65.9 Å². The van der Waals surface area contributed by atoms with E-state index >= 15 is 0 Å². The van der Waals surface area contributed by atoms with E-state index < -0.39 is 0 Å². The third-order valence-corrected chi connectivity index (χ3v) is 3.80. The Labute approximate surface area is 138 Å². The first-order valence-corrected chi connectivity index (χ1v) is 8.00. The average Bonchev–Trinajstić information content (AvgIpc) is 2.56. The summed E-state index contributed by atoms with van der Waals surface area (Å²) in [6.07, 6.45) is 1.05. The van der Waals surface area contributed by atoms with Crippen molar-refractivity contribution in [1.82, 2.24) is 5.32 Å². The van der Waals surface area contributed by atoms with Gasteiger partial charge in [0, 0.05) is 31.5 Å². The van der Waals surface area contributed by atoms with Crippen molar-refractivity contribution in [3.05, 3.63) is 60.2 Å². The van der Waals surface area contributed by atoms with Gasteiger partial charge in [0.15, 0.2) is 5.11 Å². The molecule has 116 valence electrons. The molecule has 0 saturated carbocycles. The lowest BCUT2D eigenvalue weighted by Crippen LogP contribution is -2.35. The molecule has 0 aliphatic heterocycles. The van der Waals surface area contributed by atoms with Gasteiger partial charge in [-0.1, -0.05) is 37.3 Å². The summed E-state index contributed by atoms with van der Waals surface area (Å²) in [4.78, 5) is 2.20. The van der Waals surface area contributed by atoms with E-state index in [9.17, 15) is 0 Å². The van der Waals surface area contributed by atoms with Crippen LogP contribution in [0.4, 0.5) is 11.4 Å². The van der Waals surface area contributed by atoms with E-state index in [1.807, 2.05) is 18.2 Å². The Morgan fingerprint density at radius 2 is 1.73 bits per heavy atom. The van der Waals surface area contributed by atoms with Crippen LogP contribution in [0.3, 0.4) is 0 Å². The second-order valence-electron chi connectivity index (χ2n) is 5.19. The van der Waals surface area contributed by atoms with Gasteiger partial charge in [0.1, 0.15) is 0 Å². The van der Waals surface area contributed by atoms with Crippen LogP contribution in [-0.4, -0.2) is 25.2 Å². The second kappa shape index (κ2) is 8.39. The molecule has 0 fully saturated rings. The zero-order valence-electron chi connectivity index (χ0n) is 13.2.